The second-order valence-corrected chi connectivity index (χ2v) is 3.53. The van der Waals surface area contributed by atoms with E-state index in [1.807, 2.05) is 7.05 Å². The average Bonchev–Trinajstić information content (AvgIpc) is 2.71. The lowest BCUT2D eigenvalue weighted by Gasteiger charge is -2.03. The van der Waals surface area contributed by atoms with Crippen LogP contribution in [0, 0.1) is 0 Å². The fourth-order valence-corrected chi connectivity index (χ4v) is 1.58. The van der Waals surface area contributed by atoms with Gasteiger partial charge in [0.05, 0.1) is 17.4 Å². The third-order valence-electron chi connectivity index (χ3n) is 2.38. The Morgan fingerprint density at radius 1 is 1.40 bits per heavy atom. The van der Waals surface area contributed by atoms with Crippen LogP contribution in [0.4, 0.5) is 0 Å². The lowest BCUT2D eigenvalue weighted by Crippen LogP contribution is -2.27. The van der Waals surface area contributed by atoms with Crippen LogP contribution >= 0.6 is 0 Å². The summed E-state index contributed by atoms with van der Waals surface area (Å²) >= 11 is 0. The molecule has 0 saturated heterocycles. The van der Waals surface area contributed by atoms with Crippen molar-refractivity contribution in [3.63, 3.8) is 0 Å². The summed E-state index contributed by atoms with van der Waals surface area (Å²) in [5.41, 5.74) is 3.47. The second-order valence-electron chi connectivity index (χ2n) is 3.53. The van der Waals surface area contributed by atoms with Gasteiger partial charge in [-0.25, -0.2) is 4.98 Å². The van der Waals surface area contributed by atoms with Crippen molar-refractivity contribution in [1.29, 1.82) is 0 Å². The number of hydrogen-bond donors (Lipinski definition) is 3. The summed E-state index contributed by atoms with van der Waals surface area (Å²) in [6.07, 6.45) is 2.77. The highest BCUT2D eigenvalue weighted by Gasteiger charge is 1.97. The number of fused-ring (bicyclic) bond motifs is 1. The molecule has 1 aromatic heterocycles. The van der Waals surface area contributed by atoms with Crippen LogP contribution in [0.25, 0.3) is 11.0 Å². The van der Waals surface area contributed by atoms with Gasteiger partial charge in [0, 0.05) is 13.2 Å². The van der Waals surface area contributed by atoms with Crippen LogP contribution in [0.3, 0.4) is 0 Å². The van der Waals surface area contributed by atoms with E-state index in [1.165, 1.54) is 5.56 Å². The first-order valence-corrected chi connectivity index (χ1v) is 5.17. The highest BCUT2D eigenvalue weighted by molar-refractivity contribution is 5.74. The van der Waals surface area contributed by atoms with E-state index >= 15 is 0 Å². The molecule has 0 unspecified atom stereocenters. The first kappa shape index (κ1) is 10.1. The molecule has 15 heavy (non-hydrogen) atoms. The molecule has 1 aromatic carbocycles. The van der Waals surface area contributed by atoms with Gasteiger partial charge in [-0.15, -0.1) is 0 Å². The molecule has 0 aliphatic carbocycles. The van der Waals surface area contributed by atoms with Crippen molar-refractivity contribution < 1.29 is 0 Å². The monoisotopic (exact) mass is 204 g/mol. The molecule has 0 bridgehead atoms. The number of aromatic amines is 1. The number of H-pyrrole nitrogens is 1. The van der Waals surface area contributed by atoms with Crippen LogP contribution in [0.5, 0.6) is 0 Å². The van der Waals surface area contributed by atoms with Gasteiger partial charge in [0.15, 0.2) is 0 Å². The first-order valence-electron chi connectivity index (χ1n) is 5.17. The number of nitrogens with zero attached hydrogens (tertiary/aromatic N) is 1. The van der Waals surface area contributed by atoms with E-state index in [9.17, 15) is 0 Å². The minimum Gasteiger partial charge on any atom is -0.345 e. The van der Waals surface area contributed by atoms with Crippen LogP contribution in [0.2, 0.25) is 0 Å². The molecule has 4 heteroatoms. The predicted molar refractivity (Wildman–Crippen MR) is 61.7 cm³/mol. The van der Waals surface area contributed by atoms with Gasteiger partial charge < -0.3 is 15.6 Å². The van der Waals surface area contributed by atoms with E-state index in [0.717, 1.165) is 30.7 Å². The van der Waals surface area contributed by atoms with Crippen molar-refractivity contribution in [2.45, 2.75) is 6.42 Å². The van der Waals surface area contributed by atoms with Crippen LogP contribution in [0.1, 0.15) is 5.56 Å². The minimum absolute atomic E-state index is 0.853. The second kappa shape index (κ2) is 4.91. The largest absolute Gasteiger partial charge is 0.345 e. The van der Waals surface area contributed by atoms with E-state index in [0.29, 0.717) is 0 Å². The van der Waals surface area contributed by atoms with Gasteiger partial charge in [-0.1, -0.05) is 6.07 Å². The van der Waals surface area contributed by atoms with Crippen LogP contribution in [-0.2, 0) is 6.42 Å². The Balaban J connectivity index is 1.96. The van der Waals surface area contributed by atoms with Crippen molar-refractivity contribution in [1.82, 2.24) is 20.6 Å². The summed E-state index contributed by atoms with van der Waals surface area (Å²) in [6.45, 7) is 1.84. The molecule has 0 fully saturated rings. The molecule has 80 valence electrons. The van der Waals surface area contributed by atoms with Gasteiger partial charge in [0.25, 0.3) is 0 Å². The molecule has 0 saturated carbocycles. The van der Waals surface area contributed by atoms with Crippen molar-refractivity contribution in [3.8, 4) is 0 Å². The highest BCUT2D eigenvalue weighted by atomic mass is 15.0. The van der Waals surface area contributed by atoms with Crippen molar-refractivity contribution >= 4 is 11.0 Å². The summed E-state index contributed by atoms with van der Waals surface area (Å²) in [5, 5.41) is 6.34. The highest BCUT2D eigenvalue weighted by Crippen LogP contribution is 2.11. The molecule has 0 atom stereocenters. The van der Waals surface area contributed by atoms with Crippen molar-refractivity contribution in [3.05, 3.63) is 30.1 Å². The molecular formula is C11H16N4. The van der Waals surface area contributed by atoms with Gasteiger partial charge in [-0.2, -0.15) is 0 Å². The Morgan fingerprint density at radius 3 is 3.20 bits per heavy atom. The molecule has 0 amide bonds. The van der Waals surface area contributed by atoms with Crippen molar-refractivity contribution in [2.24, 2.45) is 0 Å². The minimum atomic E-state index is 0.853. The standard InChI is InChI=1S/C11H16N4/c1-12-7-13-5-4-9-2-3-10-11(6-9)15-8-14-10/h2-3,6,8,12-13H,4-5,7H2,1H3,(H,14,15). The molecule has 0 radical (unpaired) electrons. The van der Waals surface area contributed by atoms with Gasteiger partial charge in [0.2, 0.25) is 0 Å². The fraction of sp³-hybridized carbons (Fsp3) is 0.364. The number of benzene rings is 1. The van der Waals surface area contributed by atoms with Crippen LogP contribution in [-0.4, -0.2) is 30.2 Å². The number of imidazole rings is 1. The van der Waals surface area contributed by atoms with Gasteiger partial charge >= 0.3 is 0 Å². The summed E-state index contributed by atoms with van der Waals surface area (Å²) in [4.78, 5) is 7.31. The van der Waals surface area contributed by atoms with Crippen LogP contribution < -0.4 is 10.6 Å². The van der Waals surface area contributed by atoms with Gasteiger partial charge in [-0.3, -0.25) is 0 Å². The van der Waals surface area contributed by atoms with E-state index < -0.39 is 0 Å². The molecule has 0 aliphatic rings. The molecule has 2 aromatic rings. The molecule has 0 spiro atoms. The summed E-state index contributed by atoms with van der Waals surface area (Å²) in [6, 6.07) is 6.34. The number of nitrogens with one attached hydrogen (secondary N) is 3. The van der Waals surface area contributed by atoms with Crippen LogP contribution in [0.15, 0.2) is 24.5 Å². The Hall–Kier alpha value is -1.39. The van der Waals surface area contributed by atoms with Crippen molar-refractivity contribution in [2.75, 3.05) is 20.3 Å². The van der Waals surface area contributed by atoms with E-state index in [4.69, 9.17) is 0 Å². The Kier molecular flexibility index (Phi) is 3.32. The van der Waals surface area contributed by atoms with Gasteiger partial charge in [0.1, 0.15) is 0 Å². The topological polar surface area (TPSA) is 52.7 Å². The molecule has 4 nitrogen and oxygen atoms in total. The Morgan fingerprint density at radius 2 is 2.33 bits per heavy atom. The third-order valence-corrected chi connectivity index (χ3v) is 2.38. The number of aromatic nitrogens is 2. The summed E-state index contributed by atoms with van der Waals surface area (Å²) < 4.78 is 0. The van der Waals surface area contributed by atoms with E-state index in [2.05, 4.69) is 38.8 Å². The maximum atomic E-state index is 4.19. The summed E-state index contributed by atoms with van der Waals surface area (Å²) in [7, 11) is 1.93. The lowest BCUT2D eigenvalue weighted by atomic mass is 10.1. The molecule has 2 rings (SSSR count). The van der Waals surface area contributed by atoms with E-state index in [-0.39, 0.29) is 0 Å². The third kappa shape index (κ3) is 2.55. The normalized spacial score (nSPS) is 11.0. The molecule has 1 heterocycles. The zero-order valence-corrected chi connectivity index (χ0v) is 8.88. The maximum Gasteiger partial charge on any atom is 0.0931 e. The number of rotatable bonds is 5. The molecule has 3 N–H and O–H groups in total. The molecule has 0 aliphatic heterocycles. The number of hydrogen-bond acceptors (Lipinski definition) is 3. The Labute approximate surface area is 89.1 Å². The Bertz CT molecular complexity index is 421. The lowest BCUT2D eigenvalue weighted by molar-refractivity contribution is 0.631. The van der Waals surface area contributed by atoms with Gasteiger partial charge in [-0.05, 0) is 31.2 Å². The predicted octanol–water partition coefficient (Wildman–Crippen LogP) is 0.872. The zero-order valence-electron chi connectivity index (χ0n) is 8.88. The SMILES string of the molecule is CNCNCCc1ccc2nc[nH]c2c1. The quantitative estimate of drug-likeness (QED) is 0.500. The smallest absolute Gasteiger partial charge is 0.0931 e. The zero-order chi connectivity index (χ0) is 10.5. The fourth-order valence-electron chi connectivity index (χ4n) is 1.58. The summed E-state index contributed by atoms with van der Waals surface area (Å²) in [5.74, 6) is 0. The maximum absolute atomic E-state index is 4.19. The first-order chi connectivity index (χ1) is 7.40. The molecular weight excluding hydrogens is 188 g/mol. The average molecular weight is 204 g/mol. The van der Waals surface area contributed by atoms with E-state index in [1.54, 1.807) is 6.33 Å².